The van der Waals surface area contributed by atoms with Crippen LogP contribution in [0, 0.1) is 0 Å². The number of nitrogens with zero attached hydrogens (tertiary/aromatic N) is 2. The molecule has 3 heterocycles. The average Bonchev–Trinajstić information content (AvgIpc) is 2.63. The number of aromatic nitrogens is 2. The molecule has 1 N–H and O–H groups in total. The zero-order valence-electron chi connectivity index (χ0n) is 12.7. The summed E-state index contributed by atoms with van der Waals surface area (Å²) < 4.78 is 5.38. The first-order chi connectivity index (χ1) is 11.3. The topological polar surface area (TPSA) is 58.2 Å². The molecule has 1 aliphatic heterocycles. The monoisotopic (exact) mass is 307 g/mol. The van der Waals surface area contributed by atoms with Crippen LogP contribution in [0.25, 0.3) is 22.0 Å². The number of ether oxygens (including phenoxy) is 1. The minimum atomic E-state index is -0.0654. The normalized spacial score (nSPS) is 15.0. The number of aromatic amines is 1. The molecule has 0 aliphatic carbocycles. The summed E-state index contributed by atoms with van der Waals surface area (Å²) in [5.74, 6) is 0. The zero-order valence-corrected chi connectivity index (χ0v) is 12.7. The summed E-state index contributed by atoms with van der Waals surface area (Å²) in [4.78, 5) is 21.7. The van der Waals surface area contributed by atoms with E-state index in [0.717, 1.165) is 48.6 Å². The van der Waals surface area contributed by atoms with Gasteiger partial charge in [0.15, 0.2) is 0 Å². The third-order valence-corrected chi connectivity index (χ3v) is 4.20. The molecule has 5 nitrogen and oxygen atoms in total. The number of hydrogen-bond donors (Lipinski definition) is 1. The summed E-state index contributed by atoms with van der Waals surface area (Å²) >= 11 is 0. The molecule has 1 fully saturated rings. The second kappa shape index (κ2) is 5.85. The summed E-state index contributed by atoms with van der Waals surface area (Å²) in [5.41, 5.74) is 2.77. The Morgan fingerprint density at radius 1 is 1.04 bits per heavy atom. The van der Waals surface area contributed by atoms with Gasteiger partial charge in [-0.2, -0.15) is 0 Å². The molecule has 0 unspecified atom stereocenters. The largest absolute Gasteiger partial charge is 0.378 e. The van der Waals surface area contributed by atoms with Gasteiger partial charge in [-0.25, -0.2) is 0 Å². The minimum absolute atomic E-state index is 0.0654. The van der Waals surface area contributed by atoms with Crippen LogP contribution in [-0.2, 0) is 4.74 Å². The van der Waals surface area contributed by atoms with Gasteiger partial charge in [0, 0.05) is 47.8 Å². The van der Waals surface area contributed by atoms with E-state index in [1.165, 1.54) is 0 Å². The Hall–Kier alpha value is -2.66. The second-order valence-corrected chi connectivity index (χ2v) is 5.62. The van der Waals surface area contributed by atoms with Gasteiger partial charge in [-0.1, -0.05) is 6.07 Å². The Balaban J connectivity index is 1.78. The van der Waals surface area contributed by atoms with Gasteiger partial charge in [0.2, 0.25) is 0 Å². The average molecular weight is 307 g/mol. The van der Waals surface area contributed by atoms with Crippen LogP contribution in [0.3, 0.4) is 0 Å². The van der Waals surface area contributed by atoms with E-state index < -0.39 is 0 Å². The van der Waals surface area contributed by atoms with Crippen molar-refractivity contribution in [3.05, 3.63) is 59.1 Å². The molecule has 0 spiro atoms. The molecule has 2 aromatic heterocycles. The van der Waals surface area contributed by atoms with Crippen LogP contribution in [0.2, 0.25) is 0 Å². The third-order valence-electron chi connectivity index (χ3n) is 4.20. The first kappa shape index (κ1) is 14.0. The van der Waals surface area contributed by atoms with Crippen molar-refractivity contribution in [2.45, 2.75) is 0 Å². The lowest BCUT2D eigenvalue weighted by atomic mass is 10.1. The second-order valence-electron chi connectivity index (χ2n) is 5.62. The molecular formula is C18H17N3O2. The van der Waals surface area contributed by atoms with Crippen LogP contribution in [-0.4, -0.2) is 36.3 Å². The van der Waals surface area contributed by atoms with Gasteiger partial charge in [-0.3, -0.25) is 9.78 Å². The standard InChI is InChI=1S/C18H17N3O2/c22-18-16-12-15(21-7-9-23-10-8-21)2-1-14(16)11-17(20-18)13-3-5-19-6-4-13/h1-6,11-12H,7-10H2,(H,20,22). The lowest BCUT2D eigenvalue weighted by molar-refractivity contribution is 0.122. The highest BCUT2D eigenvalue weighted by atomic mass is 16.5. The van der Waals surface area contributed by atoms with E-state index >= 15 is 0 Å². The minimum Gasteiger partial charge on any atom is -0.378 e. The van der Waals surface area contributed by atoms with E-state index in [4.69, 9.17) is 4.74 Å². The maximum Gasteiger partial charge on any atom is 0.256 e. The Morgan fingerprint density at radius 2 is 1.83 bits per heavy atom. The number of pyridine rings is 2. The number of nitrogens with one attached hydrogen (secondary N) is 1. The van der Waals surface area contributed by atoms with Crippen LogP contribution < -0.4 is 10.5 Å². The van der Waals surface area contributed by atoms with E-state index in [1.54, 1.807) is 12.4 Å². The predicted octanol–water partition coefficient (Wildman–Crippen LogP) is 2.43. The highest BCUT2D eigenvalue weighted by Crippen LogP contribution is 2.24. The van der Waals surface area contributed by atoms with E-state index in [-0.39, 0.29) is 5.56 Å². The fourth-order valence-corrected chi connectivity index (χ4v) is 2.95. The highest BCUT2D eigenvalue weighted by Gasteiger charge is 2.12. The Morgan fingerprint density at radius 3 is 2.61 bits per heavy atom. The molecule has 0 saturated carbocycles. The SMILES string of the molecule is O=c1[nH]c(-c2ccncc2)cc2ccc(N3CCOCC3)cc12. The lowest BCUT2D eigenvalue weighted by Gasteiger charge is -2.29. The van der Waals surface area contributed by atoms with Gasteiger partial charge in [0.1, 0.15) is 0 Å². The molecule has 1 aliphatic rings. The molecule has 0 atom stereocenters. The van der Waals surface area contributed by atoms with Crippen molar-refractivity contribution in [1.29, 1.82) is 0 Å². The summed E-state index contributed by atoms with van der Waals surface area (Å²) in [5, 5.41) is 1.66. The van der Waals surface area contributed by atoms with Crippen LogP contribution >= 0.6 is 0 Å². The molecule has 0 bridgehead atoms. The van der Waals surface area contributed by atoms with Crippen LogP contribution in [0.4, 0.5) is 5.69 Å². The molecule has 1 saturated heterocycles. The number of benzene rings is 1. The summed E-state index contributed by atoms with van der Waals surface area (Å²) in [6.45, 7) is 3.18. The van der Waals surface area contributed by atoms with Crippen LogP contribution in [0.5, 0.6) is 0 Å². The maximum absolute atomic E-state index is 12.5. The quantitative estimate of drug-likeness (QED) is 0.790. The first-order valence-electron chi connectivity index (χ1n) is 7.71. The van der Waals surface area contributed by atoms with Gasteiger partial charge in [-0.05, 0) is 35.7 Å². The molecule has 23 heavy (non-hydrogen) atoms. The number of H-pyrrole nitrogens is 1. The van der Waals surface area contributed by atoms with Crippen molar-refractivity contribution in [1.82, 2.24) is 9.97 Å². The number of fused-ring (bicyclic) bond motifs is 1. The van der Waals surface area contributed by atoms with E-state index in [9.17, 15) is 4.79 Å². The first-order valence-corrected chi connectivity index (χ1v) is 7.71. The smallest absolute Gasteiger partial charge is 0.256 e. The van der Waals surface area contributed by atoms with Gasteiger partial charge in [-0.15, -0.1) is 0 Å². The molecule has 0 amide bonds. The van der Waals surface area contributed by atoms with Crippen LogP contribution in [0.1, 0.15) is 0 Å². The van der Waals surface area contributed by atoms with Crippen molar-refractivity contribution in [2.24, 2.45) is 0 Å². The summed E-state index contributed by atoms with van der Waals surface area (Å²) in [6.07, 6.45) is 3.44. The van der Waals surface area contributed by atoms with Crippen molar-refractivity contribution in [2.75, 3.05) is 31.2 Å². The fraction of sp³-hybridized carbons (Fsp3) is 0.222. The number of anilines is 1. The number of rotatable bonds is 2. The number of hydrogen-bond acceptors (Lipinski definition) is 4. The molecular weight excluding hydrogens is 290 g/mol. The molecule has 116 valence electrons. The van der Waals surface area contributed by atoms with Gasteiger partial charge in [0.25, 0.3) is 5.56 Å². The Kier molecular flexibility index (Phi) is 3.55. The predicted molar refractivity (Wildman–Crippen MR) is 90.8 cm³/mol. The van der Waals surface area contributed by atoms with Crippen molar-refractivity contribution in [3.8, 4) is 11.3 Å². The molecule has 0 radical (unpaired) electrons. The van der Waals surface area contributed by atoms with Gasteiger partial charge >= 0.3 is 0 Å². The molecule has 3 aromatic rings. The van der Waals surface area contributed by atoms with Crippen LogP contribution in [0.15, 0.2) is 53.6 Å². The maximum atomic E-state index is 12.5. The molecule has 1 aromatic carbocycles. The third kappa shape index (κ3) is 2.71. The van der Waals surface area contributed by atoms with E-state index in [2.05, 4.69) is 20.9 Å². The fourth-order valence-electron chi connectivity index (χ4n) is 2.95. The van der Waals surface area contributed by atoms with Crippen molar-refractivity contribution >= 4 is 16.5 Å². The lowest BCUT2D eigenvalue weighted by Crippen LogP contribution is -2.36. The van der Waals surface area contributed by atoms with E-state index in [0.29, 0.717) is 5.39 Å². The van der Waals surface area contributed by atoms with Crippen molar-refractivity contribution < 1.29 is 4.74 Å². The summed E-state index contributed by atoms with van der Waals surface area (Å²) in [6, 6.07) is 11.8. The van der Waals surface area contributed by atoms with E-state index in [1.807, 2.05) is 30.3 Å². The highest BCUT2D eigenvalue weighted by molar-refractivity contribution is 5.88. The molecule has 4 rings (SSSR count). The Labute approximate surface area is 133 Å². The summed E-state index contributed by atoms with van der Waals surface area (Å²) in [7, 11) is 0. The van der Waals surface area contributed by atoms with Crippen molar-refractivity contribution in [3.63, 3.8) is 0 Å². The zero-order chi connectivity index (χ0) is 15.6. The number of morpholine rings is 1. The van der Waals surface area contributed by atoms with Gasteiger partial charge in [0.05, 0.1) is 13.2 Å². The Bertz CT molecular complexity index is 884. The van der Waals surface area contributed by atoms with Gasteiger partial charge < -0.3 is 14.6 Å². The molecule has 5 heteroatoms.